The minimum Gasteiger partial charge on any atom is -0.270 e. The van der Waals surface area contributed by atoms with E-state index in [-0.39, 0.29) is 6.17 Å². The smallest absolute Gasteiger partial charge is 0.0799 e. The van der Waals surface area contributed by atoms with Crippen molar-refractivity contribution < 1.29 is 0 Å². The molecule has 0 aromatic heterocycles. The van der Waals surface area contributed by atoms with Gasteiger partial charge in [-0.05, 0) is 12.8 Å². The molecule has 4 heteroatoms. The van der Waals surface area contributed by atoms with Gasteiger partial charge in [-0.25, -0.2) is 10.9 Å². The Balaban J connectivity index is 0.000000226. The first-order valence-electron chi connectivity index (χ1n) is 5.13. The van der Waals surface area contributed by atoms with Gasteiger partial charge in [-0.2, -0.15) is 0 Å². The van der Waals surface area contributed by atoms with Crippen LogP contribution in [0.3, 0.4) is 0 Å². The van der Waals surface area contributed by atoms with E-state index in [1.54, 1.807) is 6.92 Å². The zero-order valence-electron chi connectivity index (χ0n) is 8.84. The van der Waals surface area contributed by atoms with Crippen molar-refractivity contribution >= 4 is 0 Å². The van der Waals surface area contributed by atoms with Gasteiger partial charge < -0.3 is 0 Å². The average Bonchev–Trinajstić information content (AvgIpc) is 2.19. The van der Waals surface area contributed by atoms with Gasteiger partial charge in [0.15, 0.2) is 0 Å². The van der Waals surface area contributed by atoms with Gasteiger partial charge >= 0.3 is 0 Å². The van der Waals surface area contributed by atoms with E-state index in [0.29, 0.717) is 0 Å². The summed E-state index contributed by atoms with van der Waals surface area (Å²) in [6, 6.07) is 0. The SMILES string of the molecule is CC(NN)NN.CC1CCCCC1. The lowest BCUT2D eigenvalue weighted by molar-refractivity contribution is 0.385. The van der Waals surface area contributed by atoms with E-state index in [9.17, 15) is 0 Å². The maximum Gasteiger partial charge on any atom is 0.0799 e. The zero-order valence-corrected chi connectivity index (χ0v) is 8.84. The van der Waals surface area contributed by atoms with Gasteiger partial charge in [0.05, 0.1) is 6.17 Å². The third-order valence-corrected chi connectivity index (χ3v) is 2.39. The summed E-state index contributed by atoms with van der Waals surface area (Å²) >= 11 is 0. The van der Waals surface area contributed by atoms with E-state index in [1.165, 1.54) is 32.1 Å². The molecule has 0 bridgehead atoms. The second-order valence-electron chi connectivity index (χ2n) is 3.80. The highest BCUT2D eigenvalue weighted by atomic mass is 15.4. The molecular weight excluding hydrogens is 164 g/mol. The number of hydrogen-bond donors (Lipinski definition) is 4. The standard InChI is InChI=1S/C7H14.C2H10N4/c1-7-5-3-2-4-6-7;1-2(5-3)6-4/h7H,2-6H2,1H3;2,5-6H,3-4H2,1H3. The van der Waals surface area contributed by atoms with Crippen molar-refractivity contribution in [2.45, 2.75) is 52.1 Å². The van der Waals surface area contributed by atoms with Crippen molar-refractivity contribution in [2.75, 3.05) is 0 Å². The Morgan fingerprint density at radius 3 is 1.69 bits per heavy atom. The topological polar surface area (TPSA) is 76.1 Å². The molecule has 4 nitrogen and oxygen atoms in total. The summed E-state index contributed by atoms with van der Waals surface area (Å²) in [6.45, 7) is 4.17. The van der Waals surface area contributed by atoms with Gasteiger partial charge in [0.1, 0.15) is 0 Å². The Morgan fingerprint density at radius 1 is 1.08 bits per heavy atom. The number of hydrogen-bond acceptors (Lipinski definition) is 4. The zero-order chi connectivity index (χ0) is 10.1. The maximum absolute atomic E-state index is 4.89. The number of hydrazine groups is 2. The molecule has 1 saturated carbocycles. The average molecular weight is 188 g/mol. The first-order valence-corrected chi connectivity index (χ1v) is 5.13. The van der Waals surface area contributed by atoms with Crippen molar-refractivity contribution in [3.8, 4) is 0 Å². The molecule has 6 N–H and O–H groups in total. The van der Waals surface area contributed by atoms with Crippen molar-refractivity contribution in [1.82, 2.24) is 10.9 Å². The first-order chi connectivity index (χ1) is 6.20. The van der Waals surface area contributed by atoms with E-state index in [4.69, 9.17) is 11.7 Å². The predicted octanol–water partition coefficient (Wildman–Crippen LogP) is 0.846. The molecule has 13 heavy (non-hydrogen) atoms. The lowest BCUT2D eigenvalue weighted by Gasteiger charge is -2.15. The van der Waals surface area contributed by atoms with Gasteiger partial charge in [0.25, 0.3) is 0 Å². The molecule has 0 unspecified atom stereocenters. The molecule has 0 saturated heterocycles. The van der Waals surface area contributed by atoms with Gasteiger partial charge in [-0.1, -0.05) is 39.0 Å². The lowest BCUT2D eigenvalue weighted by atomic mass is 9.91. The Kier molecular flexibility index (Phi) is 8.33. The van der Waals surface area contributed by atoms with Crippen LogP contribution in [0, 0.1) is 5.92 Å². The minimum atomic E-state index is -0.00926. The summed E-state index contributed by atoms with van der Waals surface area (Å²) in [5, 5.41) is 0. The third kappa shape index (κ3) is 8.18. The second-order valence-corrected chi connectivity index (χ2v) is 3.80. The van der Waals surface area contributed by atoms with Crippen LogP contribution in [0.2, 0.25) is 0 Å². The third-order valence-electron chi connectivity index (χ3n) is 2.39. The molecule has 1 aliphatic rings. The van der Waals surface area contributed by atoms with E-state index in [0.717, 1.165) is 5.92 Å². The molecule has 1 rings (SSSR count). The van der Waals surface area contributed by atoms with Crippen LogP contribution in [0.5, 0.6) is 0 Å². The molecule has 1 aliphatic carbocycles. The van der Waals surface area contributed by atoms with Crippen LogP contribution in [0.15, 0.2) is 0 Å². The molecule has 0 aromatic rings. The number of rotatable bonds is 2. The highest BCUT2D eigenvalue weighted by Crippen LogP contribution is 2.21. The second kappa shape index (κ2) is 8.44. The number of nitrogens with one attached hydrogen (secondary N) is 2. The molecule has 0 amide bonds. The normalized spacial score (nSPS) is 18.2. The van der Waals surface area contributed by atoms with Gasteiger partial charge in [-0.3, -0.25) is 11.7 Å². The number of nitrogens with two attached hydrogens (primary N) is 2. The summed E-state index contributed by atoms with van der Waals surface area (Å²) in [7, 11) is 0. The molecule has 0 aliphatic heterocycles. The molecule has 0 radical (unpaired) electrons. The predicted molar refractivity (Wildman–Crippen MR) is 56.4 cm³/mol. The van der Waals surface area contributed by atoms with E-state index >= 15 is 0 Å². The maximum atomic E-state index is 4.89. The van der Waals surface area contributed by atoms with E-state index in [2.05, 4.69) is 17.8 Å². The molecule has 1 fully saturated rings. The molecule has 0 heterocycles. The Hall–Kier alpha value is -0.160. The highest BCUT2D eigenvalue weighted by molar-refractivity contribution is 4.59. The van der Waals surface area contributed by atoms with Gasteiger partial charge in [0.2, 0.25) is 0 Å². The molecular formula is C9H24N4. The van der Waals surface area contributed by atoms with Crippen LogP contribution >= 0.6 is 0 Å². The Morgan fingerprint density at radius 2 is 1.54 bits per heavy atom. The molecule has 80 valence electrons. The summed E-state index contributed by atoms with van der Waals surface area (Å²) in [6.07, 6.45) is 7.43. The molecule has 0 aromatic carbocycles. The first kappa shape index (κ1) is 12.8. The van der Waals surface area contributed by atoms with Crippen molar-refractivity contribution in [3.63, 3.8) is 0 Å². The fourth-order valence-electron chi connectivity index (χ4n) is 1.35. The Labute approximate surface area is 81.4 Å². The van der Waals surface area contributed by atoms with Crippen LogP contribution in [-0.4, -0.2) is 6.17 Å². The van der Waals surface area contributed by atoms with Crippen LogP contribution < -0.4 is 22.5 Å². The van der Waals surface area contributed by atoms with Crippen LogP contribution in [0.1, 0.15) is 46.0 Å². The summed E-state index contributed by atoms with van der Waals surface area (Å²) in [5.74, 6) is 10.8. The largest absolute Gasteiger partial charge is 0.270 e. The van der Waals surface area contributed by atoms with Gasteiger partial charge in [0, 0.05) is 0 Å². The van der Waals surface area contributed by atoms with Crippen LogP contribution in [0.25, 0.3) is 0 Å². The fraction of sp³-hybridized carbons (Fsp3) is 1.00. The van der Waals surface area contributed by atoms with E-state index in [1.807, 2.05) is 0 Å². The Bertz CT molecular complexity index is 97.8. The fourth-order valence-corrected chi connectivity index (χ4v) is 1.35. The van der Waals surface area contributed by atoms with Crippen molar-refractivity contribution in [2.24, 2.45) is 17.6 Å². The highest BCUT2D eigenvalue weighted by Gasteiger charge is 2.05. The lowest BCUT2D eigenvalue weighted by Crippen LogP contribution is -2.47. The summed E-state index contributed by atoms with van der Waals surface area (Å²) < 4.78 is 0. The van der Waals surface area contributed by atoms with Crippen molar-refractivity contribution in [3.05, 3.63) is 0 Å². The monoisotopic (exact) mass is 188 g/mol. The minimum absolute atomic E-state index is 0.00926. The quantitative estimate of drug-likeness (QED) is 0.294. The summed E-state index contributed by atoms with van der Waals surface area (Å²) in [4.78, 5) is 0. The van der Waals surface area contributed by atoms with Crippen molar-refractivity contribution in [1.29, 1.82) is 0 Å². The van der Waals surface area contributed by atoms with Crippen LogP contribution in [-0.2, 0) is 0 Å². The summed E-state index contributed by atoms with van der Waals surface area (Å²) in [5.41, 5.74) is 4.76. The molecule has 0 spiro atoms. The molecule has 0 atom stereocenters. The van der Waals surface area contributed by atoms with Gasteiger partial charge in [-0.15, -0.1) is 0 Å². The van der Waals surface area contributed by atoms with Crippen LogP contribution in [0.4, 0.5) is 0 Å². The van der Waals surface area contributed by atoms with E-state index < -0.39 is 0 Å².